The van der Waals surface area contributed by atoms with Gasteiger partial charge in [-0.15, -0.1) is 0 Å². The molecule has 196 valence electrons. The van der Waals surface area contributed by atoms with E-state index >= 15 is 8.78 Å². The van der Waals surface area contributed by atoms with Crippen LogP contribution in [0.1, 0.15) is 53.4 Å². The van der Waals surface area contributed by atoms with Gasteiger partial charge in [-0.3, -0.25) is 23.2 Å². The quantitative estimate of drug-likeness (QED) is 0.367. The minimum Gasteiger partial charge on any atom is -0.284 e. The molecule has 1 aliphatic carbocycles. The Balaban J connectivity index is 1.73. The zero-order chi connectivity index (χ0) is 27.7. The number of nitriles is 1. The Kier molecular flexibility index (Phi) is 7.90. The maximum Gasteiger partial charge on any atom is 0.273 e. The average molecular weight is 556 g/mol. The SMILES string of the molecule is C/C=C/N=C(/C(F)=C/n1c(C)cc(C2CC2c2cc(C#N)n(C)n2)c(Cl)c1=O)c1cccc(S(C)=O)c1F. The van der Waals surface area contributed by atoms with Crippen molar-refractivity contribution in [2.75, 3.05) is 6.26 Å². The molecule has 1 fully saturated rings. The van der Waals surface area contributed by atoms with Gasteiger partial charge in [0.2, 0.25) is 0 Å². The van der Waals surface area contributed by atoms with Crippen LogP contribution in [0.3, 0.4) is 0 Å². The third-order valence-electron chi connectivity index (χ3n) is 6.34. The van der Waals surface area contributed by atoms with Crippen LogP contribution in [0.4, 0.5) is 8.78 Å². The highest BCUT2D eigenvalue weighted by Crippen LogP contribution is 2.55. The van der Waals surface area contributed by atoms with Crippen LogP contribution in [0.5, 0.6) is 0 Å². The second-order valence-corrected chi connectivity index (χ2v) is 10.6. The zero-order valence-corrected chi connectivity index (χ0v) is 22.6. The molecular formula is C27H24ClF2N5O2S. The van der Waals surface area contributed by atoms with E-state index in [0.717, 1.165) is 16.5 Å². The molecule has 1 aromatic carbocycles. The summed E-state index contributed by atoms with van der Waals surface area (Å²) >= 11 is 6.47. The predicted octanol–water partition coefficient (Wildman–Crippen LogP) is 5.35. The number of allylic oxidation sites excluding steroid dienone is 2. The van der Waals surface area contributed by atoms with Crippen molar-refractivity contribution in [2.24, 2.45) is 12.0 Å². The number of aryl methyl sites for hydroxylation is 2. The first-order chi connectivity index (χ1) is 18.1. The molecule has 0 N–H and O–H groups in total. The maximum absolute atomic E-state index is 15.6. The highest BCUT2D eigenvalue weighted by molar-refractivity contribution is 7.84. The fourth-order valence-corrected chi connectivity index (χ4v) is 5.24. The van der Waals surface area contributed by atoms with Crippen molar-refractivity contribution in [3.05, 3.63) is 97.8 Å². The molecule has 3 atom stereocenters. The third-order valence-corrected chi connectivity index (χ3v) is 7.65. The summed E-state index contributed by atoms with van der Waals surface area (Å²) in [6.45, 7) is 3.31. The van der Waals surface area contributed by atoms with E-state index in [-0.39, 0.29) is 33.0 Å². The molecule has 11 heteroatoms. The molecular weight excluding hydrogens is 532 g/mol. The summed E-state index contributed by atoms with van der Waals surface area (Å²) < 4.78 is 45.2. The van der Waals surface area contributed by atoms with Gasteiger partial charge in [-0.2, -0.15) is 10.4 Å². The second kappa shape index (κ2) is 11.0. The molecule has 0 aliphatic heterocycles. The highest BCUT2D eigenvalue weighted by atomic mass is 35.5. The molecule has 0 amide bonds. The van der Waals surface area contributed by atoms with Crippen molar-refractivity contribution >= 4 is 34.3 Å². The minimum absolute atomic E-state index is 0.0154. The lowest BCUT2D eigenvalue weighted by Gasteiger charge is -2.12. The van der Waals surface area contributed by atoms with Gasteiger partial charge < -0.3 is 0 Å². The third kappa shape index (κ3) is 5.17. The predicted molar refractivity (Wildman–Crippen MR) is 144 cm³/mol. The number of rotatable bonds is 7. The second-order valence-electron chi connectivity index (χ2n) is 8.88. The monoisotopic (exact) mass is 555 g/mol. The standard InChI is InChI=1S/C27H24ClF2N5O2S/c1-5-9-32-26(17-7-6-8-23(25(17)30)38(4)37)21(29)14-35-15(2)10-20(24(28)27(35)36)18-12-19(18)22-11-16(13-31)34(3)33-22/h5-11,14,18-19H,12H2,1-4H3/b9-5+,21-14-,32-26+. The van der Waals surface area contributed by atoms with Crippen molar-refractivity contribution in [3.63, 3.8) is 0 Å². The summed E-state index contributed by atoms with van der Waals surface area (Å²) in [5.74, 6) is -1.87. The summed E-state index contributed by atoms with van der Waals surface area (Å²) in [5.41, 5.74) is 1.06. The molecule has 0 radical (unpaired) electrons. The number of hydrogen-bond donors (Lipinski definition) is 0. The molecule has 4 rings (SSSR count). The number of halogens is 3. The fraction of sp³-hybridized carbons (Fsp3) is 0.259. The Morgan fingerprint density at radius 3 is 2.71 bits per heavy atom. The highest BCUT2D eigenvalue weighted by Gasteiger charge is 2.43. The van der Waals surface area contributed by atoms with Crippen molar-refractivity contribution in [1.29, 1.82) is 5.26 Å². The number of aliphatic imine (C=N–C) groups is 1. The van der Waals surface area contributed by atoms with Gasteiger partial charge in [0.15, 0.2) is 5.83 Å². The Bertz CT molecular complexity index is 1650. The molecule has 2 heterocycles. The molecule has 0 spiro atoms. The molecule has 3 aromatic rings. The number of pyridine rings is 1. The van der Waals surface area contributed by atoms with Crippen LogP contribution in [0.15, 0.2) is 63.1 Å². The summed E-state index contributed by atoms with van der Waals surface area (Å²) in [4.78, 5) is 17.2. The molecule has 0 saturated heterocycles. The van der Waals surface area contributed by atoms with Gasteiger partial charge in [0.1, 0.15) is 28.3 Å². The van der Waals surface area contributed by atoms with Crippen LogP contribution in [0.25, 0.3) is 6.20 Å². The molecule has 7 nitrogen and oxygen atoms in total. The summed E-state index contributed by atoms with van der Waals surface area (Å²) in [6.07, 6.45) is 5.80. The lowest BCUT2D eigenvalue weighted by molar-refractivity contribution is 0.591. The maximum atomic E-state index is 15.6. The van der Waals surface area contributed by atoms with Crippen molar-refractivity contribution in [3.8, 4) is 6.07 Å². The van der Waals surface area contributed by atoms with Gasteiger partial charge in [-0.1, -0.05) is 23.7 Å². The fourth-order valence-electron chi connectivity index (χ4n) is 4.32. The number of nitrogens with zero attached hydrogens (tertiary/aromatic N) is 5. The van der Waals surface area contributed by atoms with Crippen LogP contribution in [0, 0.1) is 24.1 Å². The summed E-state index contributed by atoms with van der Waals surface area (Å²) in [6, 6.07) is 9.67. The van der Waals surface area contributed by atoms with Crippen LogP contribution in [0.2, 0.25) is 5.02 Å². The van der Waals surface area contributed by atoms with E-state index in [1.165, 1.54) is 35.3 Å². The molecule has 2 aromatic heterocycles. The molecule has 3 unspecified atom stereocenters. The Morgan fingerprint density at radius 1 is 1.34 bits per heavy atom. The van der Waals surface area contributed by atoms with Crippen LogP contribution < -0.4 is 5.56 Å². The molecule has 0 bridgehead atoms. The number of aromatic nitrogens is 3. The van der Waals surface area contributed by atoms with Gasteiger partial charge in [-0.25, -0.2) is 8.78 Å². The van der Waals surface area contributed by atoms with Gasteiger partial charge in [0.05, 0.1) is 27.6 Å². The Morgan fingerprint density at radius 2 is 2.08 bits per heavy atom. The normalized spacial score (nSPS) is 18.6. The van der Waals surface area contributed by atoms with Gasteiger partial charge in [-0.05, 0) is 56.0 Å². The van der Waals surface area contributed by atoms with Crippen LogP contribution >= 0.6 is 11.6 Å². The average Bonchev–Trinajstić information content (AvgIpc) is 3.59. The molecule has 1 saturated carbocycles. The van der Waals surface area contributed by atoms with Gasteiger partial charge in [0.25, 0.3) is 5.56 Å². The van der Waals surface area contributed by atoms with Crippen LogP contribution in [-0.4, -0.2) is 30.5 Å². The summed E-state index contributed by atoms with van der Waals surface area (Å²) in [7, 11) is 0.0529. The van der Waals surface area contributed by atoms with Gasteiger partial charge in [0, 0.05) is 36.7 Å². The van der Waals surface area contributed by atoms with Crippen molar-refractivity contribution in [1.82, 2.24) is 14.3 Å². The van der Waals surface area contributed by atoms with Crippen molar-refractivity contribution in [2.45, 2.75) is 37.0 Å². The van der Waals surface area contributed by atoms with E-state index < -0.39 is 28.0 Å². The van der Waals surface area contributed by atoms with Gasteiger partial charge >= 0.3 is 0 Å². The Labute approximate surface area is 225 Å². The molecule has 1 aliphatic rings. The largest absolute Gasteiger partial charge is 0.284 e. The lowest BCUT2D eigenvalue weighted by atomic mass is 10.1. The van der Waals surface area contributed by atoms with E-state index in [0.29, 0.717) is 23.4 Å². The number of hydrogen-bond acceptors (Lipinski definition) is 5. The first-order valence-corrected chi connectivity index (χ1v) is 13.6. The van der Waals surface area contributed by atoms with E-state index in [2.05, 4.69) is 16.2 Å². The summed E-state index contributed by atoms with van der Waals surface area (Å²) in [5, 5.41) is 13.5. The minimum atomic E-state index is -1.64. The lowest BCUT2D eigenvalue weighted by Crippen LogP contribution is -2.21. The zero-order valence-electron chi connectivity index (χ0n) is 21.1. The first kappa shape index (κ1) is 27.4. The van der Waals surface area contributed by atoms with E-state index in [4.69, 9.17) is 11.6 Å². The molecule has 38 heavy (non-hydrogen) atoms. The van der Waals surface area contributed by atoms with E-state index in [1.54, 1.807) is 39.1 Å². The number of benzene rings is 1. The van der Waals surface area contributed by atoms with E-state index in [1.807, 2.05) is 0 Å². The topological polar surface area (TPSA) is 93.0 Å². The van der Waals surface area contributed by atoms with E-state index in [9.17, 15) is 14.3 Å². The van der Waals surface area contributed by atoms with Crippen LogP contribution in [-0.2, 0) is 17.8 Å². The smallest absolute Gasteiger partial charge is 0.273 e. The first-order valence-electron chi connectivity index (χ1n) is 11.6. The van der Waals surface area contributed by atoms with Crippen molar-refractivity contribution < 1.29 is 13.0 Å². The Hall–Kier alpha value is -3.68.